The van der Waals surface area contributed by atoms with Crippen molar-refractivity contribution >= 4 is 51.6 Å². The largest absolute Gasteiger partial charge is 0.493 e. The molecular formula is C40H38NO6P. The molecule has 0 aliphatic rings. The van der Waals surface area contributed by atoms with Crippen molar-refractivity contribution in [3.63, 3.8) is 0 Å². The minimum absolute atomic E-state index is 0.176. The van der Waals surface area contributed by atoms with Crippen molar-refractivity contribution in [1.82, 2.24) is 0 Å². The zero-order valence-electron chi connectivity index (χ0n) is 27.9. The van der Waals surface area contributed by atoms with Crippen molar-refractivity contribution in [2.24, 2.45) is 0 Å². The fourth-order valence-electron chi connectivity index (χ4n) is 6.60. The van der Waals surface area contributed by atoms with Gasteiger partial charge in [0.15, 0.2) is 23.0 Å². The molecule has 244 valence electrons. The van der Waals surface area contributed by atoms with Crippen molar-refractivity contribution in [3.8, 4) is 23.0 Å². The van der Waals surface area contributed by atoms with Crippen LogP contribution in [-0.4, -0.2) is 28.4 Å². The van der Waals surface area contributed by atoms with Crippen LogP contribution in [0.1, 0.15) is 37.1 Å². The molecule has 8 heteroatoms. The summed E-state index contributed by atoms with van der Waals surface area (Å²) in [6.45, 7) is 4.34. The summed E-state index contributed by atoms with van der Waals surface area (Å²) >= 11 is 0. The van der Waals surface area contributed by atoms with Gasteiger partial charge in [-0.05, 0) is 82.9 Å². The first kappa shape index (κ1) is 31.5. The van der Waals surface area contributed by atoms with Crippen molar-refractivity contribution in [3.05, 3.63) is 120 Å². The van der Waals surface area contributed by atoms with E-state index in [-0.39, 0.29) is 12.1 Å². The topological polar surface area (TPSA) is 66.4 Å². The van der Waals surface area contributed by atoms with E-state index in [0.717, 1.165) is 54.6 Å². The Morgan fingerprint density at radius 1 is 0.500 bits per heavy atom. The summed E-state index contributed by atoms with van der Waals surface area (Å²) in [7, 11) is 4.86. The van der Waals surface area contributed by atoms with Gasteiger partial charge in [0, 0.05) is 22.9 Å². The van der Waals surface area contributed by atoms with Crippen LogP contribution in [0.2, 0.25) is 0 Å². The third-order valence-electron chi connectivity index (χ3n) is 9.15. The predicted molar refractivity (Wildman–Crippen MR) is 195 cm³/mol. The number of nitrogens with zero attached hydrogens (tertiary/aromatic N) is 1. The average Bonchev–Trinajstić information content (AvgIpc) is 3.31. The molecule has 0 saturated carbocycles. The van der Waals surface area contributed by atoms with E-state index in [2.05, 4.69) is 103 Å². The maximum Gasteiger partial charge on any atom is 0.310 e. The normalized spacial score (nSPS) is 12.8. The lowest BCUT2D eigenvalue weighted by Gasteiger charge is -2.32. The standard InChI is InChI=1S/C40H38NO6P/c1-25(29-17-19-33(42-3)37(23-29)44-5)41(26(2)30-18-20-34(43-4)38(24-30)45-6)48-46-35-21-15-27-11-7-9-13-31(27)39(35)40-32-14-10-8-12-28(32)16-22-36(40)47-48/h7-26H,1-6H3/t25-,26-/m0/s1. The number of fused-ring (bicyclic) bond motifs is 7. The zero-order chi connectivity index (χ0) is 33.4. The Labute approximate surface area is 280 Å². The van der Waals surface area contributed by atoms with Gasteiger partial charge in [0.1, 0.15) is 11.2 Å². The highest BCUT2D eigenvalue weighted by atomic mass is 31.1. The minimum atomic E-state index is -1.73. The summed E-state index contributed by atoms with van der Waals surface area (Å²) in [6, 6.07) is 37.0. The Morgan fingerprint density at radius 2 is 0.917 bits per heavy atom. The van der Waals surface area contributed by atoms with E-state index in [9.17, 15) is 0 Å². The summed E-state index contributed by atoms with van der Waals surface area (Å²) < 4.78 is 39.1. The highest BCUT2D eigenvalue weighted by Crippen LogP contribution is 2.49. The molecule has 0 aliphatic heterocycles. The van der Waals surface area contributed by atoms with E-state index in [4.69, 9.17) is 27.3 Å². The lowest BCUT2D eigenvalue weighted by atomic mass is 9.99. The fourth-order valence-corrected chi connectivity index (χ4v) is 8.30. The summed E-state index contributed by atoms with van der Waals surface area (Å²) in [4.78, 5) is 0. The first-order chi connectivity index (χ1) is 23.4. The second-order valence-corrected chi connectivity index (χ2v) is 13.0. The first-order valence-corrected chi connectivity index (χ1v) is 17.0. The lowest BCUT2D eigenvalue weighted by molar-refractivity contribution is 0.353. The number of methoxy groups -OCH3 is 4. The second kappa shape index (κ2) is 13.2. The second-order valence-electron chi connectivity index (χ2n) is 11.7. The summed E-state index contributed by atoms with van der Waals surface area (Å²) in [6.07, 6.45) is 0. The molecular weight excluding hydrogens is 621 g/mol. The Bertz CT molecular complexity index is 2160. The quantitative estimate of drug-likeness (QED) is 0.153. The third-order valence-corrected chi connectivity index (χ3v) is 10.9. The van der Waals surface area contributed by atoms with Gasteiger partial charge in [-0.2, -0.15) is 4.67 Å². The van der Waals surface area contributed by atoms with Crippen molar-refractivity contribution in [2.75, 3.05) is 33.1 Å². The van der Waals surface area contributed by atoms with E-state index in [1.54, 1.807) is 28.4 Å². The van der Waals surface area contributed by atoms with E-state index >= 15 is 0 Å². The minimum Gasteiger partial charge on any atom is -0.493 e. The predicted octanol–water partition coefficient (Wildman–Crippen LogP) is 11.1. The Hall–Kier alpha value is -5.10. The molecule has 2 atom stereocenters. The molecule has 0 aliphatic carbocycles. The maximum absolute atomic E-state index is 7.10. The summed E-state index contributed by atoms with van der Waals surface area (Å²) in [5.74, 6) is 2.65. The maximum atomic E-state index is 7.10. The van der Waals surface area contributed by atoms with Gasteiger partial charge in [0.05, 0.1) is 28.4 Å². The molecule has 0 unspecified atom stereocenters. The molecule has 0 fully saturated rings. The monoisotopic (exact) mass is 659 g/mol. The van der Waals surface area contributed by atoms with E-state index in [0.29, 0.717) is 23.0 Å². The molecule has 1 aromatic heterocycles. The Balaban J connectivity index is 1.55. The number of hydrogen-bond acceptors (Lipinski definition) is 7. The Kier molecular flexibility index (Phi) is 8.65. The van der Waals surface area contributed by atoms with Gasteiger partial charge in [-0.15, -0.1) is 0 Å². The average molecular weight is 660 g/mol. The van der Waals surface area contributed by atoms with Gasteiger partial charge in [-0.1, -0.05) is 72.8 Å². The van der Waals surface area contributed by atoms with E-state index in [1.165, 1.54) is 0 Å². The number of ether oxygens (including phenoxy) is 4. The molecule has 0 saturated heterocycles. The zero-order valence-corrected chi connectivity index (χ0v) is 28.8. The smallest absolute Gasteiger partial charge is 0.310 e. The molecule has 0 amide bonds. The molecule has 0 spiro atoms. The molecule has 6 aromatic carbocycles. The molecule has 0 bridgehead atoms. The molecule has 7 aromatic rings. The van der Waals surface area contributed by atoms with Crippen LogP contribution in [0, 0.1) is 0 Å². The van der Waals surface area contributed by atoms with Gasteiger partial charge < -0.3 is 27.3 Å². The Morgan fingerprint density at radius 3 is 1.33 bits per heavy atom. The molecule has 7 nitrogen and oxygen atoms in total. The highest BCUT2D eigenvalue weighted by molar-refractivity contribution is 7.39. The van der Waals surface area contributed by atoms with Gasteiger partial charge in [-0.3, -0.25) is 0 Å². The van der Waals surface area contributed by atoms with Gasteiger partial charge in [-0.25, -0.2) is 0 Å². The third kappa shape index (κ3) is 5.49. The van der Waals surface area contributed by atoms with Crippen LogP contribution in [0.4, 0.5) is 0 Å². The van der Waals surface area contributed by atoms with Crippen molar-refractivity contribution < 1.29 is 27.3 Å². The van der Waals surface area contributed by atoms with Gasteiger partial charge in [0.2, 0.25) is 0 Å². The summed E-state index contributed by atoms with van der Waals surface area (Å²) in [5, 5.41) is 6.56. The SMILES string of the molecule is COc1ccc([C@H](C)N([C@@H](C)c2ccc(OC)c(OC)c2)p2oc3ccc4ccccc4c3c3c(ccc4ccccc43)o2)cc1OC. The lowest BCUT2D eigenvalue weighted by Crippen LogP contribution is -2.27. The van der Waals surface area contributed by atoms with E-state index < -0.39 is 8.16 Å². The first-order valence-electron chi connectivity index (χ1n) is 15.9. The van der Waals surface area contributed by atoms with E-state index in [1.807, 2.05) is 24.3 Å². The van der Waals surface area contributed by atoms with Crippen LogP contribution in [0.25, 0.3) is 43.5 Å². The summed E-state index contributed by atoms with van der Waals surface area (Å²) in [5.41, 5.74) is 3.60. The molecule has 1 heterocycles. The van der Waals surface area contributed by atoms with Crippen LogP contribution in [-0.2, 0) is 0 Å². The van der Waals surface area contributed by atoms with Crippen LogP contribution < -0.4 is 23.6 Å². The molecule has 0 radical (unpaired) electrons. The van der Waals surface area contributed by atoms with Crippen LogP contribution in [0.5, 0.6) is 23.0 Å². The van der Waals surface area contributed by atoms with Gasteiger partial charge in [0.25, 0.3) is 0 Å². The number of benzene rings is 6. The van der Waals surface area contributed by atoms with Gasteiger partial charge >= 0.3 is 8.16 Å². The number of hydrogen-bond donors (Lipinski definition) is 0. The highest BCUT2D eigenvalue weighted by Gasteiger charge is 2.30. The molecule has 0 N–H and O–H groups in total. The van der Waals surface area contributed by atoms with Crippen molar-refractivity contribution in [1.29, 1.82) is 0 Å². The van der Waals surface area contributed by atoms with Crippen molar-refractivity contribution in [2.45, 2.75) is 25.9 Å². The molecule has 48 heavy (non-hydrogen) atoms. The number of rotatable bonds is 9. The van der Waals surface area contributed by atoms with Crippen LogP contribution >= 0.6 is 8.16 Å². The van der Waals surface area contributed by atoms with Crippen LogP contribution in [0.3, 0.4) is 0 Å². The molecule has 7 rings (SSSR count). The van der Waals surface area contributed by atoms with Crippen LogP contribution in [0.15, 0.2) is 118 Å². The fraction of sp³-hybridized carbons (Fsp3) is 0.200.